The molecule has 1 amide bonds. The Hall–Kier alpha value is -3.68. The highest BCUT2D eigenvalue weighted by molar-refractivity contribution is 5.79. The van der Waals surface area contributed by atoms with E-state index in [0.29, 0.717) is 31.4 Å². The van der Waals surface area contributed by atoms with Crippen LogP contribution in [0.3, 0.4) is 0 Å². The molecule has 1 aliphatic rings. The zero-order valence-corrected chi connectivity index (χ0v) is 17.9. The number of aromatic nitrogens is 2. The quantitative estimate of drug-likeness (QED) is 0.586. The zero-order chi connectivity index (χ0) is 22.3. The van der Waals surface area contributed by atoms with Crippen molar-refractivity contribution < 1.29 is 13.9 Å². The van der Waals surface area contributed by atoms with Crippen LogP contribution in [-0.2, 0) is 11.3 Å². The number of hydrogen-bond acceptors (Lipinski definition) is 6. The predicted octanol–water partition coefficient (Wildman–Crippen LogP) is 3.90. The molecule has 0 saturated carbocycles. The number of rotatable bonds is 7. The van der Waals surface area contributed by atoms with Crippen molar-refractivity contribution in [2.75, 3.05) is 30.4 Å². The molecule has 0 unspecified atom stereocenters. The van der Waals surface area contributed by atoms with E-state index in [0.717, 1.165) is 29.8 Å². The summed E-state index contributed by atoms with van der Waals surface area (Å²) in [5.74, 6) is 1.85. The minimum atomic E-state index is -0.280. The summed E-state index contributed by atoms with van der Waals surface area (Å²) in [5, 5.41) is 6.23. The molecule has 7 nitrogen and oxygen atoms in total. The fourth-order valence-corrected chi connectivity index (χ4v) is 3.67. The van der Waals surface area contributed by atoms with Crippen LogP contribution in [0.5, 0.6) is 5.75 Å². The number of anilines is 3. The van der Waals surface area contributed by atoms with Crippen LogP contribution in [0, 0.1) is 11.7 Å². The molecule has 8 heteroatoms. The predicted molar refractivity (Wildman–Crippen MR) is 121 cm³/mol. The molecular weight excluding hydrogens is 409 g/mol. The Kier molecular flexibility index (Phi) is 6.79. The molecule has 1 aromatic heterocycles. The van der Waals surface area contributed by atoms with Gasteiger partial charge in [-0.15, -0.1) is 0 Å². The Morgan fingerprint density at radius 3 is 2.50 bits per heavy atom. The molecule has 0 spiro atoms. The lowest BCUT2D eigenvalue weighted by Crippen LogP contribution is -2.41. The van der Waals surface area contributed by atoms with Gasteiger partial charge in [0.15, 0.2) is 0 Å². The second-order valence-corrected chi connectivity index (χ2v) is 7.70. The van der Waals surface area contributed by atoms with Gasteiger partial charge in [-0.05, 0) is 60.9 Å². The minimum absolute atomic E-state index is 0.0322. The number of carbonyl (C=O) groups excluding carboxylic acids is 1. The Morgan fingerprint density at radius 1 is 1.09 bits per heavy atom. The van der Waals surface area contributed by atoms with Crippen molar-refractivity contribution in [2.24, 2.45) is 5.92 Å². The minimum Gasteiger partial charge on any atom is -0.497 e. The molecule has 3 aromatic rings. The van der Waals surface area contributed by atoms with Crippen molar-refractivity contribution in [3.8, 4) is 5.75 Å². The molecule has 0 bridgehead atoms. The van der Waals surface area contributed by atoms with E-state index in [1.807, 2.05) is 30.3 Å². The second kappa shape index (κ2) is 10.1. The maximum atomic E-state index is 13.0. The molecule has 1 aliphatic heterocycles. The van der Waals surface area contributed by atoms with Crippen LogP contribution in [0.4, 0.5) is 21.8 Å². The molecule has 166 valence electrons. The summed E-state index contributed by atoms with van der Waals surface area (Å²) < 4.78 is 18.2. The molecule has 0 atom stereocenters. The maximum Gasteiger partial charge on any atom is 0.227 e. The van der Waals surface area contributed by atoms with E-state index in [1.165, 1.54) is 12.1 Å². The van der Waals surface area contributed by atoms with Gasteiger partial charge in [0.05, 0.1) is 7.11 Å². The number of halogens is 1. The lowest BCUT2D eigenvalue weighted by molar-refractivity contribution is -0.125. The van der Waals surface area contributed by atoms with Crippen molar-refractivity contribution >= 4 is 23.4 Å². The number of amides is 1. The van der Waals surface area contributed by atoms with Crippen LogP contribution in [0.25, 0.3) is 0 Å². The van der Waals surface area contributed by atoms with Crippen LogP contribution in [0.15, 0.2) is 60.8 Å². The van der Waals surface area contributed by atoms with Gasteiger partial charge < -0.3 is 20.3 Å². The van der Waals surface area contributed by atoms with Gasteiger partial charge in [-0.1, -0.05) is 12.1 Å². The Morgan fingerprint density at radius 2 is 1.81 bits per heavy atom. The largest absolute Gasteiger partial charge is 0.497 e. The van der Waals surface area contributed by atoms with Crippen molar-refractivity contribution in [2.45, 2.75) is 19.4 Å². The first kappa shape index (κ1) is 21.5. The summed E-state index contributed by atoms with van der Waals surface area (Å²) in [4.78, 5) is 23.7. The number of ether oxygens (including phenoxy) is 1. The number of benzene rings is 2. The molecular formula is C24H26FN5O2. The molecule has 0 radical (unpaired) electrons. The molecule has 2 N–H and O–H groups in total. The van der Waals surface area contributed by atoms with Gasteiger partial charge in [-0.2, -0.15) is 4.98 Å². The number of methoxy groups -OCH3 is 1. The van der Waals surface area contributed by atoms with E-state index in [-0.39, 0.29) is 17.6 Å². The average molecular weight is 436 g/mol. The lowest BCUT2D eigenvalue weighted by Gasteiger charge is -2.31. The molecule has 0 aliphatic carbocycles. The Balaban J connectivity index is 1.29. The van der Waals surface area contributed by atoms with Gasteiger partial charge in [-0.3, -0.25) is 4.79 Å². The number of piperidine rings is 1. The third-order valence-corrected chi connectivity index (χ3v) is 5.53. The SMILES string of the molecule is COc1ccc(Nc2ccnc(N3CCC(C(=O)NCc4ccc(F)cc4)CC3)n2)cc1. The van der Waals surface area contributed by atoms with E-state index in [9.17, 15) is 9.18 Å². The van der Waals surface area contributed by atoms with Crippen molar-refractivity contribution in [3.05, 3.63) is 72.2 Å². The number of hydrogen-bond donors (Lipinski definition) is 2. The fraction of sp³-hybridized carbons (Fsp3) is 0.292. The highest BCUT2D eigenvalue weighted by Crippen LogP contribution is 2.23. The van der Waals surface area contributed by atoms with E-state index >= 15 is 0 Å². The van der Waals surface area contributed by atoms with Gasteiger partial charge in [-0.25, -0.2) is 9.37 Å². The first-order valence-electron chi connectivity index (χ1n) is 10.6. The molecule has 4 rings (SSSR count). The average Bonchev–Trinajstić information content (AvgIpc) is 2.84. The topological polar surface area (TPSA) is 79.4 Å². The standard InChI is InChI=1S/C24H26FN5O2/c1-32-21-8-6-20(7-9-21)28-22-10-13-26-24(29-22)30-14-11-18(12-15-30)23(31)27-16-17-2-4-19(25)5-3-17/h2-10,13,18H,11-12,14-16H2,1H3,(H,27,31)(H,26,28,29). The Bertz CT molecular complexity index is 1040. The van der Waals surface area contributed by atoms with E-state index in [1.54, 1.807) is 25.4 Å². The monoisotopic (exact) mass is 435 g/mol. The summed E-state index contributed by atoms with van der Waals surface area (Å²) in [6.45, 7) is 1.82. The van der Waals surface area contributed by atoms with Crippen molar-refractivity contribution in [1.82, 2.24) is 15.3 Å². The summed E-state index contributed by atoms with van der Waals surface area (Å²) in [6, 6.07) is 15.6. The van der Waals surface area contributed by atoms with Crippen LogP contribution in [0.1, 0.15) is 18.4 Å². The highest BCUT2D eigenvalue weighted by Gasteiger charge is 2.26. The van der Waals surface area contributed by atoms with Crippen molar-refractivity contribution in [1.29, 1.82) is 0 Å². The fourth-order valence-electron chi connectivity index (χ4n) is 3.67. The zero-order valence-electron chi connectivity index (χ0n) is 17.9. The molecule has 32 heavy (non-hydrogen) atoms. The van der Waals surface area contributed by atoms with Gasteiger partial charge in [0.2, 0.25) is 11.9 Å². The first-order chi connectivity index (χ1) is 15.6. The van der Waals surface area contributed by atoms with E-state index in [2.05, 4.69) is 25.5 Å². The van der Waals surface area contributed by atoms with Gasteiger partial charge in [0, 0.05) is 37.4 Å². The Labute approximate surface area is 186 Å². The third kappa shape index (κ3) is 5.51. The smallest absolute Gasteiger partial charge is 0.227 e. The normalized spacial score (nSPS) is 14.1. The summed E-state index contributed by atoms with van der Waals surface area (Å²) in [5.41, 5.74) is 1.79. The van der Waals surface area contributed by atoms with Gasteiger partial charge in [0.25, 0.3) is 0 Å². The molecule has 2 aromatic carbocycles. The van der Waals surface area contributed by atoms with Crippen LogP contribution in [0.2, 0.25) is 0 Å². The lowest BCUT2D eigenvalue weighted by atomic mass is 9.96. The first-order valence-corrected chi connectivity index (χ1v) is 10.6. The number of nitrogens with one attached hydrogen (secondary N) is 2. The summed E-state index contributed by atoms with van der Waals surface area (Å²) >= 11 is 0. The number of nitrogens with zero attached hydrogens (tertiary/aromatic N) is 3. The maximum absolute atomic E-state index is 13.0. The van der Waals surface area contributed by atoms with Crippen molar-refractivity contribution in [3.63, 3.8) is 0 Å². The molecule has 1 saturated heterocycles. The number of carbonyl (C=O) groups is 1. The highest BCUT2D eigenvalue weighted by atomic mass is 19.1. The van der Waals surface area contributed by atoms with E-state index in [4.69, 9.17) is 4.74 Å². The van der Waals surface area contributed by atoms with Crippen LogP contribution >= 0.6 is 0 Å². The van der Waals surface area contributed by atoms with Gasteiger partial charge in [0.1, 0.15) is 17.4 Å². The van der Waals surface area contributed by atoms with Crippen LogP contribution < -0.4 is 20.3 Å². The summed E-state index contributed by atoms with van der Waals surface area (Å²) in [7, 11) is 1.64. The van der Waals surface area contributed by atoms with E-state index < -0.39 is 0 Å². The molecule has 2 heterocycles. The molecule has 1 fully saturated rings. The van der Waals surface area contributed by atoms with Crippen LogP contribution in [-0.4, -0.2) is 36.1 Å². The van der Waals surface area contributed by atoms with Gasteiger partial charge >= 0.3 is 0 Å². The second-order valence-electron chi connectivity index (χ2n) is 7.70. The third-order valence-electron chi connectivity index (χ3n) is 5.53. The summed E-state index contributed by atoms with van der Waals surface area (Å²) in [6.07, 6.45) is 3.19.